The zero-order valence-corrected chi connectivity index (χ0v) is 16.8. The molecule has 4 rings (SSSR count). The Labute approximate surface area is 168 Å². The van der Waals surface area contributed by atoms with Crippen LogP contribution in [0, 0.1) is 11.7 Å². The Bertz CT molecular complexity index is 1150. The predicted octanol–water partition coefficient (Wildman–Crippen LogP) is 3.83. The molecule has 1 atom stereocenters. The topological polar surface area (TPSA) is 66.5 Å². The van der Waals surface area contributed by atoms with Gasteiger partial charge in [-0.2, -0.15) is 0 Å². The van der Waals surface area contributed by atoms with Gasteiger partial charge in [-0.05, 0) is 41.1 Å². The largest absolute Gasteiger partial charge is 0.377 e. The van der Waals surface area contributed by atoms with Crippen LogP contribution in [0.15, 0.2) is 58.3 Å². The van der Waals surface area contributed by atoms with E-state index in [1.807, 2.05) is 30.3 Å². The summed E-state index contributed by atoms with van der Waals surface area (Å²) >= 11 is 0. The summed E-state index contributed by atoms with van der Waals surface area (Å²) in [6.07, 6.45) is 0. The van der Waals surface area contributed by atoms with E-state index in [1.54, 1.807) is 19.2 Å². The molecule has 5 nitrogen and oxygen atoms in total. The number of methoxy groups -OCH3 is 1. The highest BCUT2D eigenvalue weighted by Gasteiger charge is 2.42. The standard InChI is InChI=1S/C23H24FN3O2/c1-14(2)23(13-25-21(27-23)12-29-3)18-9-10-20(26-22(18)28)16-8-7-15-5-4-6-19(24)17(15)11-16/h4-11,14H,12-13H2,1-3H3,(H,25,27)(H,26,28). The molecule has 6 heteroatoms. The number of rotatable bonds is 5. The number of pyridine rings is 1. The molecule has 0 fully saturated rings. The van der Waals surface area contributed by atoms with Crippen LogP contribution in [0.1, 0.15) is 19.4 Å². The summed E-state index contributed by atoms with van der Waals surface area (Å²) in [5.74, 6) is 0.608. The maximum Gasteiger partial charge on any atom is 0.254 e. The molecule has 0 amide bonds. The smallest absolute Gasteiger partial charge is 0.254 e. The van der Waals surface area contributed by atoms with Gasteiger partial charge >= 0.3 is 0 Å². The molecule has 2 aromatic carbocycles. The first-order valence-electron chi connectivity index (χ1n) is 9.67. The van der Waals surface area contributed by atoms with Gasteiger partial charge in [0.2, 0.25) is 0 Å². The number of aromatic nitrogens is 1. The molecule has 1 unspecified atom stereocenters. The summed E-state index contributed by atoms with van der Waals surface area (Å²) in [5.41, 5.74) is 1.30. The van der Waals surface area contributed by atoms with E-state index in [1.165, 1.54) is 6.07 Å². The first-order valence-corrected chi connectivity index (χ1v) is 9.67. The van der Waals surface area contributed by atoms with E-state index in [0.29, 0.717) is 29.8 Å². The van der Waals surface area contributed by atoms with Gasteiger partial charge in [0, 0.05) is 23.8 Å². The fourth-order valence-corrected chi connectivity index (χ4v) is 3.96. The van der Waals surface area contributed by atoms with Crippen molar-refractivity contribution in [2.24, 2.45) is 10.9 Å². The van der Waals surface area contributed by atoms with Crippen molar-refractivity contribution in [1.29, 1.82) is 0 Å². The summed E-state index contributed by atoms with van der Waals surface area (Å²) in [5, 5.41) is 4.76. The molecule has 29 heavy (non-hydrogen) atoms. The number of amidine groups is 1. The van der Waals surface area contributed by atoms with Gasteiger partial charge in [0.25, 0.3) is 5.56 Å². The summed E-state index contributed by atoms with van der Waals surface area (Å²) in [7, 11) is 1.62. The van der Waals surface area contributed by atoms with Crippen LogP contribution in [0.25, 0.3) is 22.0 Å². The molecule has 0 spiro atoms. The summed E-state index contributed by atoms with van der Waals surface area (Å²) in [6.45, 7) is 5.00. The average molecular weight is 393 g/mol. The van der Waals surface area contributed by atoms with Gasteiger partial charge in [-0.3, -0.25) is 9.79 Å². The maximum absolute atomic E-state index is 14.2. The van der Waals surface area contributed by atoms with Crippen molar-refractivity contribution < 1.29 is 9.13 Å². The minimum atomic E-state index is -0.574. The van der Waals surface area contributed by atoms with Gasteiger partial charge in [-0.1, -0.05) is 38.1 Å². The maximum atomic E-state index is 14.2. The van der Waals surface area contributed by atoms with Crippen molar-refractivity contribution in [2.75, 3.05) is 20.3 Å². The Morgan fingerprint density at radius 3 is 2.76 bits per heavy atom. The van der Waals surface area contributed by atoms with Crippen LogP contribution in [0.3, 0.4) is 0 Å². The first-order chi connectivity index (χ1) is 13.9. The number of nitrogens with zero attached hydrogens (tertiary/aromatic N) is 1. The lowest BCUT2D eigenvalue weighted by molar-refractivity contribution is 0.237. The van der Waals surface area contributed by atoms with Crippen LogP contribution >= 0.6 is 0 Å². The molecule has 150 valence electrons. The number of H-pyrrole nitrogens is 1. The normalized spacial score (nSPS) is 18.9. The summed E-state index contributed by atoms with van der Waals surface area (Å²) < 4.78 is 19.3. The third kappa shape index (κ3) is 3.34. The van der Waals surface area contributed by atoms with Gasteiger partial charge in [-0.25, -0.2) is 4.39 Å². The second-order valence-corrected chi connectivity index (χ2v) is 7.74. The molecule has 0 bridgehead atoms. The zero-order chi connectivity index (χ0) is 20.6. The van der Waals surface area contributed by atoms with Crippen molar-refractivity contribution in [3.63, 3.8) is 0 Å². The van der Waals surface area contributed by atoms with E-state index in [2.05, 4.69) is 29.1 Å². The molecule has 2 N–H and O–H groups in total. The fraction of sp³-hybridized carbons (Fsp3) is 0.304. The molecule has 0 saturated heterocycles. The second-order valence-electron chi connectivity index (χ2n) is 7.74. The van der Waals surface area contributed by atoms with Gasteiger partial charge in [0.05, 0.1) is 12.1 Å². The minimum absolute atomic E-state index is 0.141. The lowest BCUT2D eigenvalue weighted by atomic mass is 9.81. The highest BCUT2D eigenvalue weighted by molar-refractivity contribution is 5.87. The second kappa shape index (κ2) is 7.44. The molecule has 0 radical (unpaired) electrons. The van der Waals surface area contributed by atoms with Crippen LogP contribution in [0.2, 0.25) is 0 Å². The van der Waals surface area contributed by atoms with Crippen molar-refractivity contribution in [1.82, 2.24) is 10.3 Å². The van der Waals surface area contributed by atoms with Crippen LogP contribution in [0.4, 0.5) is 4.39 Å². The predicted molar refractivity (Wildman–Crippen MR) is 114 cm³/mol. The lowest BCUT2D eigenvalue weighted by Crippen LogP contribution is -2.51. The number of nitrogens with one attached hydrogen (secondary N) is 2. The van der Waals surface area contributed by atoms with Gasteiger partial charge in [0.1, 0.15) is 18.3 Å². The molecule has 2 heterocycles. The summed E-state index contributed by atoms with van der Waals surface area (Å²) in [4.78, 5) is 20.6. The highest BCUT2D eigenvalue weighted by Crippen LogP contribution is 2.32. The number of aliphatic imine (C=N–C) groups is 1. The van der Waals surface area contributed by atoms with E-state index in [4.69, 9.17) is 4.74 Å². The molecule has 3 aromatic rings. The monoisotopic (exact) mass is 393 g/mol. The van der Waals surface area contributed by atoms with Crippen molar-refractivity contribution in [3.05, 3.63) is 70.3 Å². The number of aromatic amines is 1. The van der Waals surface area contributed by atoms with Crippen LogP contribution in [-0.2, 0) is 10.3 Å². The number of benzene rings is 2. The Balaban J connectivity index is 1.73. The molecule has 1 aliphatic heterocycles. The van der Waals surface area contributed by atoms with Gasteiger partial charge < -0.3 is 15.0 Å². The Morgan fingerprint density at radius 2 is 2.03 bits per heavy atom. The number of hydrogen-bond donors (Lipinski definition) is 2. The van der Waals surface area contributed by atoms with Crippen molar-refractivity contribution in [3.8, 4) is 11.3 Å². The van der Waals surface area contributed by atoms with E-state index < -0.39 is 5.54 Å². The number of ether oxygens (including phenoxy) is 1. The van der Waals surface area contributed by atoms with E-state index in [0.717, 1.165) is 16.8 Å². The van der Waals surface area contributed by atoms with Gasteiger partial charge in [-0.15, -0.1) is 0 Å². The molecule has 0 aliphatic carbocycles. The van der Waals surface area contributed by atoms with Crippen LogP contribution in [0.5, 0.6) is 0 Å². The fourth-order valence-electron chi connectivity index (χ4n) is 3.96. The highest BCUT2D eigenvalue weighted by atomic mass is 19.1. The van der Waals surface area contributed by atoms with Crippen molar-refractivity contribution in [2.45, 2.75) is 19.4 Å². The average Bonchev–Trinajstić information content (AvgIpc) is 3.13. The molecule has 1 aromatic heterocycles. The quantitative estimate of drug-likeness (QED) is 0.692. The van der Waals surface area contributed by atoms with E-state index in [9.17, 15) is 9.18 Å². The number of halogens is 1. The minimum Gasteiger partial charge on any atom is -0.377 e. The third-order valence-electron chi connectivity index (χ3n) is 5.68. The van der Waals surface area contributed by atoms with E-state index >= 15 is 0 Å². The Kier molecular flexibility index (Phi) is 4.96. The van der Waals surface area contributed by atoms with Gasteiger partial charge in [0.15, 0.2) is 0 Å². The molecule has 1 aliphatic rings. The zero-order valence-electron chi connectivity index (χ0n) is 16.8. The summed E-state index contributed by atoms with van der Waals surface area (Å²) in [6, 6.07) is 14.2. The Morgan fingerprint density at radius 1 is 1.21 bits per heavy atom. The molecular formula is C23H24FN3O2. The first kappa shape index (κ1) is 19.3. The van der Waals surface area contributed by atoms with E-state index in [-0.39, 0.29) is 17.3 Å². The molecule has 0 saturated carbocycles. The van der Waals surface area contributed by atoms with Crippen LogP contribution in [-0.4, -0.2) is 31.1 Å². The van der Waals surface area contributed by atoms with Crippen LogP contribution < -0.4 is 10.9 Å². The molecular weight excluding hydrogens is 369 g/mol. The van der Waals surface area contributed by atoms with Crippen molar-refractivity contribution >= 4 is 16.6 Å². The SMILES string of the molecule is COCC1=NCC(c2ccc(-c3ccc4cccc(F)c4c3)[nH]c2=O)(C(C)C)N1. The number of hydrogen-bond acceptors (Lipinski definition) is 4. The third-order valence-corrected chi connectivity index (χ3v) is 5.68. The lowest BCUT2D eigenvalue weighted by Gasteiger charge is -2.33. The number of fused-ring (bicyclic) bond motifs is 1. The Hall–Kier alpha value is -2.99.